The van der Waals surface area contributed by atoms with Crippen molar-refractivity contribution in [3.8, 4) is 23.3 Å². The van der Waals surface area contributed by atoms with Gasteiger partial charge < -0.3 is 25.2 Å². The molecule has 0 aromatic heterocycles. The molecule has 0 radical (unpaired) electrons. The third kappa shape index (κ3) is 7.36. The number of phenolic OH excluding ortho intramolecular Hbond substituents is 1. The fourth-order valence-electron chi connectivity index (χ4n) is 2.63. The van der Waals surface area contributed by atoms with Crippen LogP contribution >= 0.6 is 0 Å². The van der Waals surface area contributed by atoms with Crippen molar-refractivity contribution in [2.45, 2.75) is 19.3 Å². The Hall–Kier alpha value is -3.73. The topological polar surface area (TPSA) is 121 Å². The van der Waals surface area contributed by atoms with Crippen LogP contribution in [0.25, 0.3) is 0 Å². The SMILES string of the molecule is COc1cc(C#N)ccc1OCCCC(=O)NCCCNC(=O)c1cccc(O)c1. The number of phenols is 1. The summed E-state index contributed by atoms with van der Waals surface area (Å²) in [5.74, 6) is 0.680. The van der Waals surface area contributed by atoms with Gasteiger partial charge >= 0.3 is 0 Å². The third-order valence-corrected chi connectivity index (χ3v) is 4.17. The molecule has 0 aliphatic rings. The summed E-state index contributed by atoms with van der Waals surface area (Å²) in [4.78, 5) is 23.8. The van der Waals surface area contributed by atoms with E-state index in [4.69, 9.17) is 14.7 Å². The summed E-state index contributed by atoms with van der Waals surface area (Å²) in [5.41, 5.74) is 0.870. The average molecular weight is 411 g/mol. The maximum absolute atomic E-state index is 11.9. The minimum Gasteiger partial charge on any atom is -0.508 e. The van der Waals surface area contributed by atoms with Crippen LogP contribution in [0.15, 0.2) is 42.5 Å². The fraction of sp³-hybridized carbons (Fsp3) is 0.318. The van der Waals surface area contributed by atoms with E-state index in [9.17, 15) is 14.7 Å². The highest BCUT2D eigenvalue weighted by Crippen LogP contribution is 2.27. The minimum atomic E-state index is -0.271. The summed E-state index contributed by atoms with van der Waals surface area (Å²) in [6.45, 7) is 1.20. The number of hydrogen-bond acceptors (Lipinski definition) is 6. The summed E-state index contributed by atoms with van der Waals surface area (Å²) in [7, 11) is 1.50. The monoisotopic (exact) mass is 411 g/mol. The first kappa shape index (κ1) is 22.6. The Morgan fingerprint density at radius 2 is 1.87 bits per heavy atom. The maximum atomic E-state index is 11.9. The summed E-state index contributed by atoms with van der Waals surface area (Å²) >= 11 is 0. The number of aromatic hydroxyl groups is 1. The van der Waals surface area contributed by atoms with Gasteiger partial charge in [0.15, 0.2) is 11.5 Å². The molecule has 2 aromatic carbocycles. The molecule has 0 aliphatic heterocycles. The second-order valence-corrected chi connectivity index (χ2v) is 6.44. The minimum absolute atomic E-state index is 0.0384. The van der Waals surface area contributed by atoms with Gasteiger partial charge in [0.05, 0.1) is 25.3 Å². The predicted octanol–water partition coefficient (Wildman–Crippen LogP) is 2.37. The molecule has 158 valence electrons. The van der Waals surface area contributed by atoms with Crippen LogP contribution < -0.4 is 20.1 Å². The van der Waals surface area contributed by atoms with Crippen LogP contribution in [-0.2, 0) is 4.79 Å². The van der Waals surface area contributed by atoms with Crippen LogP contribution in [-0.4, -0.2) is 43.7 Å². The fourth-order valence-corrected chi connectivity index (χ4v) is 2.63. The molecule has 0 unspecified atom stereocenters. The van der Waals surface area contributed by atoms with Crippen molar-refractivity contribution < 1.29 is 24.2 Å². The predicted molar refractivity (Wildman–Crippen MR) is 111 cm³/mol. The molecule has 2 amide bonds. The van der Waals surface area contributed by atoms with Crippen molar-refractivity contribution in [2.24, 2.45) is 0 Å². The van der Waals surface area contributed by atoms with E-state index in [-0.39, 0.29) is 17.6 Å². The standard InChI is InChI=1S/C22H25N3O5/c1-29-20-13-16(15-23)8-9-19(20)30-12-3-7-21(27)24-10-4-11-25-22(28)17-5-2-6-18(26)14-17/h2,5-6,8-9,13-14,26H,3-4,7,10-12H2,1H3,(H,24,27)(H,25,28). The largest absolute Gasteiger partial charge is 0.508 e. The van der Waals surface area contributed by atoms with Gasteiger partial charge in [-0.15, -0.1) is 0 Å². The summed E-state index contributed by atoms with van der Waals surface area (Å²) < 4.78 is 10.8. The number of nitrogens with zero attached hydrogens (tertiary/aromatic N) is 1. The molecule has 0 spiro atoms. The van der Waals surface area contributed by atoms with Gasteiger partial charge in [-0.25, -0.2) is 0 Å². The molecule has 0 saturated carbocycles. The summed E-state index contributed by atoms with van der Waals surface area (Å²) in [6, 6.07) is 13.1. The van der Waals surface area contributed by atoms with Gasteiger partial charge in [0, 0.05) is 31.1 Å². The first-order chi connectivity index (χ1) is 14.5. The van der Waals surface area contributed by atoms with E-state index in [1.807, 2.05) is 6.07 Å². The highest BCUT2D eigenvalue weighted by molar-refractivity contribution is 5.94. The number of benzene rings is 2. The van der Waals surface area contributed by atoms with Gasteiger partial charge in [-0.1, -0.05) is 6.07 Å². The number of ether oxygens (including phenoxy) is 2. The van der Waals surface area contributed by atoms with Crippen molar-refractivity contribution in [1.82, 2.24) is 10.6 Å². The molecule has 3 N–H and O–H groups in total. The normalized spacial score (nSPS) is 10.0. The molecule has 0 bridgehead atoms. The van der Waals surface area contributed by atoms with Crippen molar-refractivity contribution >= 4 is 11.8 Å². The lowest BCUT2D eigenvalue weighted by Crippen LogP contribution is -2.29. The zero-order valence-corrected chi connectivity index (χ0v) is 16.8. The van der Waals surface area contributed by atoms with Crippen molar-refractivity contribution in [1.29, 1.82) is 5.26 Å². The quantitative estimate of drug-likeness (QED) is 0.488. The lowest BCUT2D eigenvalue weighted by atomic mass is 10.2. The lowest BCUT2D eigenvalue weighted by molar-refractivity contribution is -0.121. The molecule has 2 rings (SSSR count). The van der Waals surface area contributed by atoms with Gasteiger partial charge in [-0.2, -0.15) is 5.26 Å². The third-order valence-electron chi connectivity index (χ3n) is 4.17. The zero-order chi connectivity index (χ0) is 21.8. The Labute approximate surface area is 175 Å². The zero-order valence-electron chi connectivity index (χ0n) is 16.8. The number of nitrogens with one attached hydrogen (secondary N) is 2. The Balaban J connectivity index is 1.57. The van der Waals surface area contributed by atoms with E-state index in [0.29, 0.717) is 61.6 Å². The second-order valence-electron chi connectivity index (χ2n) is 6.44. The van der Waals surface area contributed by atoms with Crippen LogP contribution in [0.2, 0.25) is 0 Å². The maximum Gasteiger partial charge on any atom is 0.251 e. The molecule has 0 aliphatic carbocycles. The van der Waals surface area contributed by atoms with Crippen LogP contribution in [0.4, 0.5) is 0 Å². The molecule has 0 atom stereocenters. The molecular weight excluding hydrogens is 386 g/mol. The molecule has 0 saturated heterocycles. The number of hydrogen-bond donors (Lipinski definition) is 3. The van der Waals surface area contributed by atoms with Crippen molar-refractivity contribution in [3.63, 3.8) is 0 Å². The van der Waals surface area contributed by atoms with Gasteiger partial charge in [0.1, 0.15) is 5.75 Å². The first-order valence-electron chi connectivity index (χ1n) is 9.58. The molecule has 8 heteroatoms. The number of carbonyl (C=O) groups excluding carboxylic acids is 2. The van der Waals surface area contributed by atoms with E-state index < -0.39 is 0 Å². The first-order valence-corrected chi connectivity index (χ1v) is 9.58. The average Bonchev–Trinajstić information content (AvgIpc) is 2.76. The Bertz CT molecular complexity index is 908. The highest BCUT2D eigenvalue weighted by atomic mass is 16.5. The molecule has 0 heterocycles. The van der Waals surface area contributed by atoms with E-state index in [0.717, 1.165) is 0 Å². The van der Waals surface area contributed by atoms with Crippen LogP contribution in [0.3, 0.4) is 0 Å². The van der Waals surface area contributed by atoms with Gasteiger partial charge in [-0.3, -0.25) is 9.59 Å². The molecule has 8 nitrogen and oxygen atoms in total. The van der Waals surface area contributed by atoms with Crippen molar-refractivity contribution in [3.05, 3.63) is 53.6 Å². The van der Waals surface area contributed by atoms with Gasteiger partial charge in [0.2, 0.25) is 5.91 Å². The Morgan fingerprint density at radius 1 is 1.07 bits per heavy atom. The van der Waals surface area contributed by atoms with Crippen LogP contribution in [0, 0.1) is 11.3 Å². The lowest BCUT2D eigenvalue weighted by Gasteiger charge is -2.11. The Morgan fingerprint density at radius 3 is 2.60 bits per heavy atom. The second kappa shape index (κ2) is 12.0. The summed E-state index contributed by atoms with van der Waals surface area (Å²) in [5, 5.41) is 23.8. The van der Waals surface area contributed by atoms with E-state index >= 15 is 0 Å². The van der Waals surface area contributed by atoms with Crippen LogP contribution in [0.5, 0.6) is 17.2 Å². The van der Waals surface area contributed by atoms with Crippen molar-refractivity contribution in [2.75, 3.05) is 26.8 Å². The number of amides is 2. The Kier molecular flexibility index (Phi) is 9.00. The number of methoxy groups -OCH3 is 1. The smallest absolute Gasteiger partial charge is 0.251 e. The number of carbonyl (C=O) groups is 2. The molecule has 0 fully saturated rings. The van der Waals surface area contributed by atoms with Crippen LogP contribution in [0.1, 0.15) is 35.2 Å². The summed E-state index contributed by atoms with van der Waals surface area (Å²) in [6.07, 6.45) is 1.44. The van der Waals surface area contributed by atoms with Gasteiger partial charge in [0.25, 0.3) is 5.91 Å². The molecular formula is C22H25N3O5. The number of nitriles is 1. The van der Waals surface area contributed by atoms with E-state index in [1.165, 1.54) is 19.2 Å². The van der Waals surface area contributed by atoms with E-state index in [2.05, 4.69) is 10.6 Å². The molecule has 2 aromatic rings. The highest BCUT2D eigenvalue weighted by Gasteiger charge is 2.07. The van der Waals surface area contributed by atoms with E-state index in [1.54, 1.807) is 30.3 Å². The number of rotatable bonds is 11. The molecule has 30 heavy (non-hydrogen) atoms. The van der Waals surface area contributed by atoms with Gasteiger partial charge in [-0.05, 0) is 43.2 Å².